The minimum atomic E-state index is -0.130. The maximum atomic E-state index is 12.8. The van der Waals surface area contributed by atoms with Crippen LogP contribution in [-0.4, -0.2) is 26.5 Å². The van der Waals surface area contributed by atoms with Crippen molar-refractivity contribution in [2.45, 2.75) is 25.9 Å². The molecule has 2 aromatic carbocycles. The highest BCUT2D eigenvalue weighted by Gasteiger charge is 2.18. The van der Waals surface area contributed by atoms with Crippen LogP contribution in [0.1, 0.15) is 20.9 Å². The average Bonchev–Trinajstić information content (AvgIpc) is 3.31. The van der Waals surface area contributed by atoms with Crippen LogP contribution in [0, 0.1) is 6.92 Å². The summed E-state index contributed by atoms with van der Waals surface area (Å²) in [5.41, 5.74) is 3.22. The lowest BCUT2D eigenvalue weighted by Gasteiger charge is -2.19. The Morgan fingerprint density at radius 3 is 2.85 bits per heavy atom. The number of hydrogen-bond acceptors (Lipinski definition) is 4. The van der Waals surface area contributed by atoms with Crippen molar-refractivity contribution < 1.29 is 4.79 Å². The van der Waals surface area contributed by atoms with Gasteiger partial charge in [-0.15, -0.1) is 11.3 Å². The summed E-state index contributed by atoms with van der Waals surface area (Å²) >= 11 is 1.43. The van der Waals surface area contributed by atoms with Gasteiger partial charge in [-0.3, -0.25) is 4.79 Å². The predicted molar refractivity (Wildman–Crippen MR) is 108 cm³/mol. The van der Waals surface area contributed by atoms with E-state index in [1.165, 1.54) is 22.5 Å². The summed E-state index contributed by atoms with van der Waals surface area (Å²) in [6.07, 6.45) is 6.17. The number of rotatable bonds is 6. The molecule has 0 bridgehead atoms. The summed E-state index contributed by atoms with van der Waals surface area (Å²) in [6, 6.07) is 16.2. The Hall–Kier alpha value is -2.99. The first kappa shape index (κ1) is 17.4. The van der Waals surface area contributed by atoms with Gasteiger partial charge in [-0.05, 0) is 36.6 Å². The summed E-state index contributed by atoms with van der Waals surface area (Å²) in [6.45, 7) is 2.70. The Bertz CT molecular complexity index is 1040. The van der Waals surface area contributed by atoms with E-state index in [1.54, 1.807) is 12.5 Å². The normalized spacial score (nSPS) is 12.2. The van der Waals surface area contributed by atoms with Crippen molar-refractivity contribution in [2.24, 2.45) is 0 Å². The van der Waals surface area contributed by atoms with Crippen LogP contribution >= 0.6 is 11.3 Å². The van der Waals surface area contributed by atoms with Crippen molar-refractivity contribution >= 4 is 27.5 Å². The summed E-state index contributed by atoms with van der Waals surface area (Å²) in [5, 5.41) is 3.66. The van der Waals surface area contributed by atoms with Crippen LogP contribution in [0.4, 0.5) is 0 Å². The average molecular weight is 376 g/mol. The van der Waals surface area contributed by atoms with Crippen molar-refractivity contribution in [3.63, 3.8) is 0 Å². The minimum Gasteiger partial charge on any atom is -0.345 e. The zero-order chi connectivity index (χ0) is 18.6. The molecule has 0 unspecified atom stereocenters. The van der Waals surface area contributed by atoms with Crippen LogP contribution in [0.5, 0.6) is 0 Å². The number of fused-ring (bicyclic) bond motifs is 1. The molecule has 0 aliphatic carbocycles. The maximum Gasteiger partial charge on any atom is 0.280 e. The fourth-order valence-electron chi connectivity index (χ4n) is 3.09. The molecule has 27 heavy (non-hydrogen) atoms. The molecule has 1 N–H and O–H groups in total. The standard InChI is InChI=1S/C21H20N4OS/c1-15-7-8-18-19(11-15)27-21(24-18)20(26)23-17(13-25-10-9-22-14-25)12-16-5-3-2-4-6-16/h2-11,14,17H,12-13H2,1H3,(H,23,26)/t17-/m0/s1. The van der Waals surface area contributed by atoms with Gasteiger partial charge in [-0.2, -0.15) is 0 Å². The van der Waals surface area contributed by atoms with E-state index in [-0.39, 0.29) is 11.9 Å². The number of carbonyl (C=O) groups excluding carboxylic acids is 1. The third-order valence-electron chi connectivity index (χ3n) is 4.39. The van der Waals surface area contributed by atoms with Gasteiger partial charge in [0.25, 0.3) is 5.91 Å². The van der Waals surface area contributed by atoms with Gasteiger partial charge < -0.3 is 9.88 Å². The first-order chi connectivity index (χ1) is 13.2. The molecular formula is C21H20N4OS. The van der Waals surface area contributed by atoms with Crippen molar-refractivity contribution in [2.75, 3.05) is 0 Å². The molecule has 0 fully saturated rings. The molecule has 2 heterocycles. The zero-order valence-electron chi connectivity index (χ0n) is 15.0. The Morgan fingerprint density at radius 1 is 1.22 bits per heavy atom. The molecule has 136 valence electrons. The van der Waals surface area contributed by atoms with E-state index < -0.39 is 0 Å². The fraction of sp³-hybridized carbons (Fsp3) is 0.190. The molecular weight excluding hydrogens is 356 g/mol. The fourth-order valence-corrected chi connectivity index (χ4v) is 4.05. The first-order valence-corrected chi connectivity index (χ1v) is 9.67. The molecule has 2 aromatic heterocycles. The van der Waals surface area contributed by atoms with Gasteiger partial charge >= 0.3 is 0 Å². The lowest BCUT2D eigenvalue weighted by molar-refractivity contribution is 0.0932. The summed E-state index contributed by atoms with van der Waals surface area (Å²) in [5.74, 6) is -0.130. The molecule has 4 rings (SSSR count). The van der Waals surface area contributed by atoms with Crippen LogP contribution in [0.3, 0.4) is 0 Å². The second-order valence-corrected chi connectivity index (χ2v) is 7.64. The summed E-state index contributed by atoms with van der Waals surface area (Å²) in [7, 11) is 0. The number of nitrogens with zero attached hydrogens (tertiary/aromatic N) is 3. The molecule has 5 nitrogen and oxygen atoms in total. The Kier molecular flexibility index (Phi) is 4.98. The second kappa shape index (κ2) is 7.72. The van der Waals surface area contributed by atoms with Crippen molar-refractivity contribution in [3.05, 3.63) is 83.4 Å². The third kappa shape index (κ3) is 4.23. The van der Waals surface area contributed by atoms with Gasteiger partial charge in [0, 0.05) is 18.9 Å². The number of thiazole rings is 1. The molecule has 0 aliphatic rings. The number of nitrogens with one attached hydrogen (secondary N) is 1. The van der Waals surface area contributed by atoms with E-state index in [0.717, 1.165) is 16.6 Å². The Balaban J connectivity index is 1.54. The van der Waals surface area contributed by atoms with Crippen LogP contribution in [0.15, 0.2) is 67.3 Å². The highest BCUT2D eigenvalue weighted by Crippen LogP contribution is 2.23. The van der Waals surface area contributed by atoms with Gasteiger partial charge in [0.2, 0.25) is 0 Å². The zero-order valence-corrected chi connectivity index (χ0v) is 15.8. The lowest BCUT2D eigenvalue weighted by atomic mass is 10.1. The highest BCUT2D eigenvalue weighted by atomic mass is 32.1. The van der Waals surface area contributed by atoms with Crippen LogP contribution in [0.25, 0.3) is 10.2 Å². The van der Waals surface area contributed by atoms with E-state index in [0.29, 0.717) is 11.6 Å². The van der Waals surface area contributed by atoms with E-state index >= 15 is 0 Å². The maximum absolute atomic E-state index is 12.8. The van der Waals surface area contributed by atoms with Gasteiger partial charge in [-0.1, -0.05) is 36.4 Å². The van der Waals surface area contributed by atoms with Gasteiger partial charge in [0.1, 0.15) is 0 Å². The monoisotopic (exact) mass is 376 g/mol. The first-order valence-electron chi connectivity index (χ1n) is 8.85. The quantitative estimate of drug-likeness (QED) is 0.556. The van der Waals surface area contributed by atoms with Crippen LogP contribution < -0.4 is 5.32 Å². The molecule has 0 spiro atoms. The lowest BCUT2D eigenvalue weighted by Crippen LogP contribution is -2.39. The number of aromatic nitrogens is 3. The van der Waals surface area contributed by atoms with Crippen molar-refractivity contribution in [1.82, 2.24) is 19.9 Å². The number of carbonyl (C=O) groups is 1. The number of hydrogen-bond donors (Lipinski definition) is 1. The Labute approximate surface area is 161 Å². The van der Waals surface area contributed by atoms with E-state index in [1.807, 2.05) is 48.0 Å². The number of imidazole rings is 1. The summed E-state index contributed by atoms with van der Waals surface area (Å²) in [4.78, 5) is 21.4. The SMILES string of the molecule is Cc1ccc2nc(C(=O)N[C@@H](Cc3ccccc3)Cn3ccnc3)sc2c1. The number of benzene rings is 2. The molecule has 0 aliphatic heterocycles. The molecule has 0 saturated heterocycles. The number of amides is 1. The van der Waals surface area contributed by atoms with Gasteiger partial charge in [-0.25, -0.2) is 9.97 Å². The van der Waals surface area contributed by atoms with E-state index in [9.17, 15) is 4.79 Å². The smallest absolute Gasteiger partial charge is 0.280 e. The molecule has 6 heteroatoms. The Morgan fingerprint density at radius 2 is 2.07 bits per heavy atom. The number of aryl methyl sites for hydroxylation is 1. The predicted octanol–water partition coefficient (Wildman–Crippen LogP) is 3.84. The molecule has 0 radical (unpaired) electrons. The van der Waals surface area contributed by atoms with E-state index in [4.69, 9.17) is 0 Å². The molecule has 4 aromatic rings. The molecule has 0 saturated carbocycles. The van der Waals surface area contributed by atoms with Crippen LogP contribution in [0.2, 0.25) is 0 Å². The topological polar surface area (TPSA) is 59.8 Å². The second-order valence-electron chi connectivity index (χ2n) is 6.61. The highest BCUT2D eigenvalue weighted by molar-refractivity contribution is 7.20. The largest absolute Gasteiger partial charge is 0.345 e. The van der Waals surface area contributed by atoms with Crippen molar-refractivity contribution in [3.8, 4) is 0 Å². The van der Waals surface area contributed by atoms with Gasteiger partial charge in [0.15, 0.2) is 5.01 Å². The summed E-state index contributed by atoms with van der Waals surface area (Å²) < 4.78 is 3.02. The van der Waals surface area contributed by atoms with Crippen LogP contribution in [-0.2, 0) is 13.0 Å². The van der Waals surface area contributed by atoms with E-state index in [2.05, 4.69) is 33.5 Å². The molecule has 1 atom stereocenters. The van der Waals surface area contributed by atoms with Gasteiger partial charge in [0.05, 0.1) is 22.6 Å². The third-order valence-corrected chi connectivity index (χ3v) is 5.41. The minimum absolute atomic E-state index is 0.0529. The molecule has 1 amide bonds. The van der Waals surface area contributed by atoms with Crippen molar-refractivity contribution in [1.29, 1.82) is 0 Å².